The summed E-state index contributed by atoms with van der Waals surface area (Å²) in [6.07, 6.45) is 2.95. The highest BCUT2D eigenvalue weighted by atomic mass is 35.5. The van der Waals surface area contributed by atoms with E-state index in [0.717, 1.165) is 0 Å². The zero-order valence-corrected chi connectivity index (χ0v) is 16.4. The van der Waals surface area contributed by atoms with E-state index in [-0.39, 0.29) is 6.42 Å². The second-order valence-corrected chi connectivity index (χ2v) is 6.77. The third-order valence-corrected chi connectivity index (χ3v) is 4.79. The van der Waals surface area contributed by atoms with E-state index >= 15 is 0 Å². The van der Waals surface area contributed by atoms with Gasteiger partial charge in [0.15, 0.2) is 0 Å². The molecule has 144 valence electrons. The Bertz CT molecular complexity index is 1000. The molecule has 6 nitrogen and oxygen atoms in total. The molecule has 0 saturated carbocycles. The number of amides is 1. The van der Waals surface area contributed by atoms with Crippen molar-refractivity contribution in [3.8, 4) is 5.69 Å². The van der Waals surface area contributed by atoms with Crippen molar-refractivity contribution in [1.82, 2.24) is 15.1 Å². The van der Waals surface area contributed by atoms with Crippen LogP contribution in [-0.4, -0.2) is 28.8 Å². The predicted octanol–water partition coefficient (Wildman–Crippen LogP) is 4.21. The SMILES string of the molecule is COC(=O)CC(NC(=O)c1cnn(-c2ccccc2Cl)c1)c1ccccc1Cl. The van der Waals surface area contributed by atoms with Gasteiger partial charge in [-0.05, 0) is 23.8 Å². The number of nitrogens with zero attached hydrogens (tertiary/aromatic N) is 2. The number of hydrogen-bond donors (Lipinski definition) is 1. The minimum absolute atomic E-state index is 0.0510. The Morgan fingerprint density at radius 3 is 2.46 bits per heavy atom. The number of para-hydroxylation sites is 1. The fourth-order valence-electron chi connectivity index (χ4n) is 2.70. The molecule has 2 aromatic carbocycles. The number of hydrogen-bond acceptors (Lipinski definition) is 4. The molecule has 0 aliphatic rings. The van der Waals surface area contributed by atoms with Crippen LogP contribution in [0.4, 0.5) is 0 Å². The van der Waals surface area contributed by atoms with Crippen molar-refractivity contribution < 1.29 is 14.3 Å². The highest BCUT2D eigenvalue weighted by molar-refractivity contribution is 6.32. The van der Waals surface area contributed by atoms with Gasteiger partial charge in [-0.15, -0.1) is 0 Å². The third kappa shape index (κ3) is 4.52. The minimum atomic E-state index is -0.641. The molecular formula is C20H17Cl2N3O3. The summed E-state index contributed by atoms with van der Waals surface area (Å²) in [5.74, 6) is -0.857. The van der Waals surface area contributed by atoms with Crippen molar-refractivity contribution in [2.45, 2.75) is 12.5 Å². The Morgan fingerprint density at radius 1 is 1.11 bits per heavy atom. The first-order chi connectivity index (χ1) is 13.5. The van der Waals surface area contributed by atoms with Gasteiger partial charge in [-0.1, -0.05) is 53.5 Å². The van der Waals surface area contributed by atoms with Crippen LogP contribution in [0, 0.1) is 0 Å². The zero-order valence-electron chi connectivity index (χ0n) is 14.9. The molecule has 1 heterocycles. The van der Waals surface area contributed by atoms with Gasteiger partial charge in [-0.3, -0.25) is 9.59 Å². The molecule has 1 aromatic heterocycles. The van der Waals surface area contributed by atoms with Crippen molar-refractivity contribution in [2.24, 2.45) is 0 Å². The van der Waals surface area contributed by atoms with Gasteiger partial charge < -0.3 is 10.1 Å². The fourth-order valence-corrected chi connectivity index (χ4v) is 3.19. The smallest absolute Gasteiger partial charge is 0.307 e. The lowest BCUT2D eigenvalue weighted by Gasteiger charge is -2.19. The molecule has 0 aliphatic carbocycles. The summed E-state index contributed by atoms with van der Waals surface area (Å²) in [7, 11) is 1.29. The van der Waals surface area contributed by atoms with Crippen LogP contribution in [0.25, 0.3) is 5.69 Å². The number of ether oxygens (including phenoxy) is 1. The molecule has 1 unspecified atom stereocenters. The molecule has 0 bridgehead atoms. The summed E-state index contributed by atoms with van der Waals surface area (Å²) in [5, 5.41) is 7.98. The van der Waals surface area contributed by atoms with Crippen molar-refractivity contribution in [2.75, 3.05) is 7.11 Å². The van der Waals surface area contributed by atoms with E-state index in [4.69, 9.17) is 27.9 Å². The van der Waals surface area contributed by atoms with Crippen LogP contribution < -0.4 is 5.32 Å². The molecule has 8 heteroatoms. The number of carbonyl (C=O) groups excluding carboxylic acids is 2. The number of methoxy groups -OCH3 is 1. The average Bonchev–Trinajstić information content (AvgIpc) is 3.18. The lowest BCUT2D eigenvalue weighted by Crippen LogP contribution is -2.30. The molecule has 1 N–H and O–H groups in total. The summed E-state index contributed by atoms with van der Waals surface area (Å²) in [5.41, 5.74) is 1.60. The molecule has 0 fully saturated rings. The molecule has 3 aromatic rings. The van der Waals surface area contributed by atoms with Crippen molar-refractivity contribution >= 4 is 35.1 Å². The second kappa shape index (κ2) is 8.91. The predicted molar refractivity (Wildman–Crippen MR) is 107 cm³/mol. The Hall–Kier alpha value is -2.83. The molecule has 1 amide bonds. The van der Waals surface area contributed by atoms with Gasteiger partial charge in [0.1, 0.15) is 0 Å². The maximum absolute atomic E-state index is 12.7. The van der Waals surface area contributed by atoms with E-state index in [1.807, 2.05) is 12.1 Å². The maximum atomic E-state index is 12.7. The number of esters is 1. The maximum Gasteiger partial charge on any atom is 0.307 e. The van der Waals surface area contributed by atoms with Crippen molar-refractivity contribution in [1.29, 1.82) is 0 Å². The third-order valence-electron chi connectivity index (χ3n) is 4.13. The Labute approximate surface area is 172 Å². The second-order valence-electron chi connectivity index (χ2n) is 5.95. The first kappa shape index (κ1) is 19.9. The normalized spacial score (nSPS) is 11.7. The van der Waals surface area contributed by atoms with E-state index in [1.54, 1.807) is 42.6 Å². The molecule has 0 saturated heterocycles. The van der Waals surface area contributed by atoms with Crippen molar-refractivity contribution in [3.05, 3.63) is 82.1 Å². The van der Waals surface area contributed by atoms with E-state index in [1.165, 1.54) is 18.0 Å². The van der Waals surface area contributed by atoms with Gasteiger partial charge in [0.25, 0.3) is 5.91 Å². The number of nitrogens with one attached hydrogen (secondary N) is 1. The number of halogens is 2. The fraction of sp³-hybridized carbons (Fsp3) is 0.150. The summed E-state index contributed by atoms with van der Waals surface area (Å²) in [6.45, 7) is 0. The first-order valence-electron chi connectivity index (χ1n) is 8.41. The Balaban J connectivity index is 1.83. The minimum Gasteiger partial charge on any atom is -0.469 e. The number of carbonyl (C=O) groups is 2. The van der Waals surface area contributed by atoms with Crippen LogP contribution in [0.2, 0.25) is 10.0 Å². The highest BCUT2D eigenvalue weighted by Crippen LogP contribution is 2.26. The largest absolute Gasteiger partial charge is 0.469 e. The molecule has 1 atom stereocenters. The van der Waals surface area contributed by atoms with Gasteiger partial charge in [0.05, 0.1) is 42.0 Å². The summed E-state index contributed by atoms with van der Waals surface area (Å²) < 4.78 is 6.26. The van der Waals surface area contributed by atoms with Crippen LogP contribution in [0.15, 0.2) is 60.9 Å². The van der Waals surface area contributed by atoms with Crippen LogP contribution in [-0.2, 0) is 9.53 Å². The number of benzene rings is 2. The molecule has 3 rings (SSSR count). The van der Waals surface area contributed by atoms with Gasteiger partial charge in [-0.25, -0.2) is 4.68 Å². The highest BCUT2D eigenvalue weighted by Gasteiger charge is 2.22. The van der Waals surface area contributed by atoms with E-state index in [0.29, 0.717) is 26.9 Å². The van der Waals surface area contributed by atoms with Gasteiger partial charge in [-0.2, -0.15) is 5.10 Å². The van der Waals surface area contributed by atoms with Crippen LogP contribution in [0.1, 0.15) is 28.4 Å². The number of rotatable bonds is 6. The topological polar surface area (TPSA) is 73.2 Å². The van der Waals surface area contributed by atoms with E-state index in [9.17, 15) is 9.59 Å². The summed E-state index contributed by atoms with van der Waals surface area (Å²) in [4.78, 5) is 24.6. The Kier molecular flexibility index (Phi) is 6.34. The van der Waals surface area contributed by atoms with Crippen LogP contribution >= 0.6 is 23.2 Å². The molecular weight excluding hydrogens is 401 g/mol. The standard InChI is InChI=1S/C20H17Cl2N3O3/c1-28-19(26)10-17(14-6-2-3-7-15(14)21)24-20(27)13-11-23-25(12-13)18-9-5-4-8-16(18)22/h2-9,11-12,17H,10H2,1H3,(H,24,27). The molecule has 0 spiro atoms. The average molecular weight is 418 g/mol. The Morgan fingerprint density at radius 2 is 1.79 bits per heavy atom. The van der Waals surface area contributed by atoms with E-state index < -0.39 is 17.9 Å². The monoisotopic (exact) mass is 417 g/mol. The molecule has 0 aliphatic heterocycles. The first-order valence-corrected chi connectivity index (χ1v) is 9.17. The van der Waals surface area contributed by atoms with Crippen molar-refractivity contribution in [3.63, 3.8) is 0 Å². The lowest BCUT2D eigenvalue weighted by atomic mass is 10.0. The van der Waals surface area contributed by atoms with Crippen LogP contribution in [0.3, 0.4) is 0 Å². The van der Waals surface area contributed by atoms with Gasteiger partial charge >= 0.3 is 5.97 Å². The summed E-state index contributed by atoms with van der Waals surface area (Å²) >= 11 is 12.4. The lowest BCUT2D eigenvalue weighted by molar-refractivity contribution is -0.141. The molecule has 0 radical (unpaired) electrons. The quantitative estimate of drug-likeness (QED) is 0.609. The van der Waals surface area contributed by atoms with Crippen LogP contribution in [0.5, 0.6) is 0 Å². The van der Waals surface area contributed by atoms with Gasteiger partial charge in [0, 0.05) is 11.2 Å². The van der Waals surface area contributed by atoms with E-state index in [2.05, 4.69) is 10.4 Å². The van der Waals surface area contributed by atoms with Gasteiger partial charge in [0.2, 0.25) is 0 Å². The molecule has 28 heavy (non-hydrogen) atoms. The zero-order chi connectivity index (χ0) is 20.1. The summed E-state index contributed by atoms with van der Waals surface area (Å²) in [6, 6.07) is 13.5. The number of aromatic nitrogens is 2.